The van der Waals surface area contributed by atoms with Gasteiger partial charge in [0.25, 0.3) is 0 Å². The summed E-state index contributed by atoms with van der Waals surface area (Å²) >= 11 is 0. The van der Waals surface area contributed by atoms with E-state index in [0.29, 0.717) is 17.2 Å². The lowest BCUT2D eigenvalue weighted by molar-refractivity contribution is 0.372. The highest BCUT2D eigenvalue weighted by molar-refractivity contribution is 5.75. The Hall–Kier alpha value is -3.52. The van der Waals surface area contributed by atoms with Crippen molar-refractivity contribution in [3.05, 3.63) is 66.1 Å². The van der Waals surface area contributed by atoms with Crippen molar-refractivity contribution in [1.29, 1.82) is 0 Å². The van der Waals surface area contributed by atoms with Crippen molar-refractivity contribution in [2.24, 2.45) is 0 Å². The summed E-state index contributed by atoms with van der Waals surface area (Å²) in [5.74, 6) is -1.64. The normalized spacial score (nSPS) is 11.7. The quantitative estimate of drug-likeness (QED) is 0.421. The van der Waals surface area contributed by atoms with Crippen molar-refractivity contribution in [2.45, 2.75) is 13.3 Å². The van der Waals surface area contributed by atoms with Gasteiger partial charge in [-0.2, -0.15) is 4.39 Å². The topological polar surface area (TPSA) is 51.5 Å². The van der Waals surface area contributed by atoms with Gasteiger partial charge in [0, 0.05) is 35.3 Å². The van der Waals surface area contributed by atoms with Crippen molar-refractivity contribution < 1.29 is 13.5 Å². The van der Waals surface area contributed by atoms with Crippen LogP contribution in [0.5, 0.6) is 5.75 Å². The van der Waals surface area contributed by atoms with E-state index in [1.807, 2.05) is 6.07 Å². The molecule has 0 atom stereocenters. The fourth-order valence-corrected chi connectivity index (χ4v) is 3.83. The van der Waals surface area contributed by atoms with Gasteiger partial charge < -0.3 is 10.1 Å². The minimum absolute atomic E-state index is 0.0912. The van der Waals surface area contributed by atoms with Gasteiger partial charge in [-0.1, -0.05) is 6.92 Å². The lowest BCUT2D eigenvalue weighted by Crippen LogP contribution is -2.35. The first-order valence-corrected chi connectivity index (χ1v) is 10.3. The monoisotopic (exact) mass is 438 g/mol. The molecule has 2 aromatic carbocycles. The van der Waals surface area contributed by atoms with Crippen LogP contribution in [0.1, 0.15) is 12.5 Å². The smallest absolute Gasteiger partial charge is 0.201 e. The van der Waals surface area contributed by atoms with E-state index in [2.05, 4.69) is 55.5 Å². The van der Waals surface area contributed by atoms with Crippen LogP contribution in [0.4, 0.5) is 26.0 Å². The first-order valence-electron chi connectivity index (χ1n) is 10.3. The highest BCUT2D eigenvalue weighted by Gasteiger charge is 2.20. The van der Waals surface area contributed by atoms with Crippen LogP contribution < -0.4 is 14.5 Å². The van der Waals surface area contributed by atoms with Gasteiger partial charge in [0.05, 0.1) is 40.1 Å². The Labute approximate surface area is 185 Å². The Morgan fingerprint density at radius 1 is 1.06 bits per heavy atom. The average Bonchev–Trinajstić information content (AvgIpc) is 3.19. The second-order valence-electron chi connectivity index (χ2n) is 8.39. The van der Waals surface area contributed by atoms with Crippen molar-refractivity contribution in [1.82, 2.24) is 18.9 Å². The highest BCUT2D eigenvalue weighted by Crippen LogP contribution is 2.32. The molecular formula is C24H26F2N5O+. The van der Waals surface area contributed by atoms with E-state index in [1.54, 1.807) is 16.8 Å². The Bertz CT molecular complexity index is 1290. The van der Waals surface area contributed by atoms with Crippen LogP contribution in [0.2, 0.25) is 0 Å². The molecule has 0 aliphatic rings. The number of hydrogen-bond donors (Lipinski definition) is 1. The van der Waals surface area contributed by atoms with E-state index in [0.717, 1.165) is 16.6 Å². The van der Waals surface area contributed by atoms with Crippen molar-refractivity contribution in [2.75, 3.05) is 33.6 Å². The Kier molecular flexibility index (Phi) is 5.56. The predicted molar refractivity (Wildman–Crippen MR) is 124 cm³/mol. The summed E-state index contributed by atoms with van der Waals surface area (Å²) in [4.78, 5) is 8.84. The molecule has 0 spiro atoms. The van der Waals surface area contributed by atoms with Gasteiger partial charge in [-0.3, -0.25) is 8.88 Å². The lowest BCUT2D eigenvalue weighted by atomic mass is 10.1. The molecule has 0 unspecified atom stereocenters. The zero-order valence-electron chi connectivity index (χ0n) is 18.8. The van der Waals surface area contributed by atoms with E-state index >= 15 is 0 Å². The molecule has 2 aromatic heterocycles. The molecule has 8 heteroatoms. The predicted octanol–water partition coefficient (Wildman–Crippen LogP) is 5.19. The molecule has 0 amide bonds. The first kappa shape index (κ1) is 21.7. The van der Waals surface area contributed by atoms with E-state index < -0.39 is 11.6 Å². The van der Waals surface area contributed by atoms with Crippen molar-refractivity contribution in [3.8, 4) is 17.0 Å². The van der Waals surface area contributed by atoms with Crippen LogP contribution in [-0.4, -0.2) is 42.6 Å². The lowest BCUT2D eigenvalue weighted by Gasteiger charge is -2.26. The number of halogens is 2. The van der Waals surface area contributed by atoms with Gasteiger partial charge in [0.15, 0.2) is 23.0 Å². The number of aromatic nitrogens is 3. The number of anilines is 2. The molecule has 4 aromatic rings. The molecule has 32 heavy (non-hydrogen) atoms. The SMILES string of the molecule is CCc1cc(Nc2nccn3c(-c4ccc(OC)c(F)c4F)cnc23)ccc1[N+](C)(C)C. The molecule has 6 nitrogen and oxygen atoms in total. The van der Waals surface area contributed by atoms with Crippen LogP contribution in [0.25, 0.3) is 16.9 Å². The number of hydrogen-bond acceptors (Lipinski definition) is 4. The van der Waals surface area contributed by atoms with E-state index in [-0.39, 0.29) is 11.3 Å². The summed E-state index contributed by atoms with van der Waals surface area (Å²) in [6.45, 7) is 2.13. The first-order chi connectivity index (χ1) is 15.2. The van der Waals surface area contributed by atoms with Crippen LogP contribution in [0.15, 0.2) is 48.9 Å². The fraction of sp³-hybridized carbons (Fsp3) is 0.250. The number of aryl methyl sites for hydroxylation is 1. The van der Waals surface area contributed by atoms with E-state index in [4.69, 9.17) is 4.74 Å². The third-order valence-electron chi connectivity index (χ3n) is 5.42. The maximum Gasteiger partial charge on any atom is 0.201 e. The molecule has 166 valence electrons. The number of methoxy groups -OCH3 is 1. The molecule has 2 heterocycles. The maximum atomic E-state index is 14.7. The van der Waals surface area contributed by atoms with Gasteiger partial charge in [-0.15, -0.1) is 0 Å². The van der Waals surface area contributed by atoms with Crippen LogP contribution in [-0.2, 0) is 6.42 Å². The largest absolute Gasteiger partial charge is 0.494 e. The number of nitrogens with one attached hydrogen (secondary N) is 1. The van der Waals surface area contributed by atoms with Crippen molar-refractivity contribution in [3.63, 3.8) is 0 Å². The van der Waals surface area contributed by atoms with E-state index in [9.17, 15) is 8.78 Å². The second kappa shape index (κ2) is 8.20. The highest BCUT2D eigenvalue weighted by atomic mass is 19.2. The number of nitrogens with zero attached hydrogens (tertiary/aromatic N) is 4. The molecule has 0 aliphatic heterocycles. The van der Waals surface area contributed by atoms with E-state index in [1.165, 1.54) is 36.7 Å². The molecular weight excluding hydrogens is 412 g/mol. The van der Waals surface area contributed by atoms with Gasteiger partial charge in [0.2, 0.25) is 5.82 Å². The third-order valence-corrected chi connectivity index (χ3v) is 5.42. The molecule has 0 bridgehead atoms. The molecule has 0 saturated heterocycles. The number of rotatable bonds is 6. The molecule has 4 rings (SSSR count). The van der Waals surface area contributed by atoms with Gasteiger partial charge in [-0.25, -0.2) is 14.4 Å². The van der Waals surface area contributed by atoms with Gasteiger partial charge in [-0.05, 0) is 30.7 Å². The average molecular weight is 439 g/mol. The number of quaternary nitrogens is 1. The maximum absolute atomic E-state index is 14.7. The Morgan fingerprint density at radius 2 is 1.84 bits per heavy atom. The summed E-state index contributed by atoms with van der Waals surface area (Å²) in [5, 5.41) is 3.32. The summed E-state index contributed by atoms with van der Waals surface area (Å²) in [6, 6.07) is 9.09. The van der Waals surface area contributed by atoms with Crippen LogP contribution in [0, 0.1) is 11.6 Å². The summed E-state index contributed by atoms with van der Waals surface area (Å²) < 4.78 is 36.2. The minimum atomic E-state index is -1.03. The molecule has 0 fully saturated rings. The van der Waals surface area contributed by atoms with Gasteiger partial charge in [0.1, 0.15) is 5.69 Å². The number of benzene rings is 2. The fourth-order valence-electron chi connectivity index (χ4n) is 3.83. The number of fused-ring (bicyclic) bond motifs is 1. The Morgan fingerprint density at radius 3 is 2.53 bits per heavy atom. The van der Waals surface area contributed by atoms with Crippen LogP contribution in [0.3, 0.4) is 0 Å². The third kappa shape index (κ3) is 3.78. The van der Waals surface area contributed by atoms with Gasteiger partial charge >= 0.3 is 0 Å². The summed E-state index contributed by atoms with van der Waals surface area (Å²) in [7, 11) is 7.71. The zero-order valence-corrected chi connectivity index (χ0v) is 18.8. The van der Waals surface area contributed by atoms with Crippen molar-refractivity contribution >= 4 is 22.8 Å². The molecule has 0 aliphatic carbocycles. The van der Waals surface area contributed by atoms with Crippen LogP contribution >= 0.6 is 0 Å². The molecule has 0 saturated carbocycles. The molecule has 0 radical (unpaired) electrons. The minimum Gasteiger partial charge on any atom is -0.494 e. The zero-order chi connectivity index (χ0) is 23.0. The standard InChI is InChI=1S/C24H26F2N5O/c1-6-15-13-16(7-9-19(15)31(2,3)4)29-23-24-28-14-18(30(24)12-11-27-23)17-8-10-20(32-5)22(26)21(17)25/h7-14H,6H2,1-5H3,(H,27,29)/q+1. The summed E-state index contributed by atoms with van der Waals surface area (Å²) in [5.41, 5.74) is 4.36. The number of imidazole rings is 1. The Balaban J connectivity index is 1.75. The number of ether oxygens (including phenoxy) is 1. The molecule has 1 N–H and O–H groups in total. The summed E-state index contributed by atoms with van der Waals surface area (Å²) in [6.07, 6.45) is 5.67. The second-order valence-corrected chi connectivity index (χ2v) is 8.39.